The molecule has 1 rings (SSSR count). The van der Waals surface area contributed by atoms with Gasteiger partial charge in [-0.25, -0.2) is 0 Å². The lowest BCUT2D eigenvalue weighted by Crippen LogP contribution is -2.39. The fourth-order valence-corrected chi connectivity index (χ4v) is 1.50. The number of nitrogens with two attached hydrogens (primary N) is 1. The van der Waals surface area contributed by atoms with E-state index < -0.39 is 17.9 Å². The SMILES string of the molecule is CC(=O)[C@H](c1ccccc1)C(N)C(=O)O. The molecular formula is C11H13NO3. The predicted molar refractivity (Wildman–Crippen MR) is 55.5 cm³/mol. The number of hydrogen-bond acceptors (Lipinski definition) is 3. The molecule has 4 nitrogen and oxygen atoms in total. The zero-order chi connectivity index (χ0) is 11.4. The van der Waals surface area contributed by atoms with Crippen molar-refractivity contribution in [2.75, 3.05) is 0 Å². The molecule has 15 heavy (non-hydrogen) atoms. The molecule has 0 radical (unpaired) electrons. The topological polar surface area (TPSA) is 80.4 Å². The number of carboxylic acids is 1. The van der Waals surface area contributed by atoms with E-state index in [4.69, 9.17) is 10.8 Å². The normalized spacial score (nSPS) is 14.3. The minimum absolute atomic E-state index is 0.240. The van der Waals surface area contributed by atoms with Gasteiger partial charge in [0.2, 0.25) is 0 Å². The maximum absolute atomic E-state index is 11.3. The van der Waals surface area contributed by atoms with E-state index >= 15 is 0 Å². The molecule has 3 N–H and O–H groups in total. The summed E-state index contributed by atoms with van der Waals surface area (Å²) in [6.45, 7) is 1.35. The highest BCUT2D eigenvalue weighted by molar-refractivity contribution is 5.90. The first-order chi connectivity index (χ1) is 7.04. The van der Waals surface area contributed by atoms with Gasteiger partial charge in [-0.1, -0.05) is 30.3 Å². The molecule has 0 aliphatic carbocycles. The van der Waals surface area contributed by atoms with Crippen molar-refractivity contribution in [2.24, 2.45) is 5.73 Å². The third-order valence-electron chi connectivity index (χ3n) is 2.24. The summed E-state index contributed by atoms with van der Waals surface area (Å²) in [5.74, 6) is -2.18. The Hall–Kier alpha value is -1.68. The van der Waals surface area contributed by atoms with Gasteiger partial charge < -0.3 is 10.8 Å². The Morgan fingerprint density at radius 2 is 1.80 bits per heavy atom. The Balaban J connectivity index is 3.04. The molecule has 0 amide bonds. The van der Waals surface area contributed by atoms with Crippen LogP contribution in [0.3, 0.4) is 0 Å². The molecule has 0 saturated carbocycles. The van der Waals surface area contributed by atoms with Gasteiger partial charge in [0.15, 0.2) is 0 Å². The van der Waals surface area contributed by atoms with Gasteiger partial charge in [-0.3, -0.25) is 9.59 Å². The van der Waals surface area contributed by atoms with Gasteiger partial charge in [0.05, 0.1) is 5.92 Å². The highest BCUT2D eigenvalue weighted by atomic mass is 16.4. The van der Waals surface area contributed by atoms with E-state index in [0.717, 1.165) is 0 Å². The number of carbonyl (C=O) groups is 2. The molecule has 0 heterocycles. The summed E-state index contributed by atoms with van der Waals surface area (Å²) in [5.41, 5.74) is 6.11. The van der Waals surface area contributed by atoms with Crippen LogP contribution in [0.25, 0.3) is 0 Å². The number of carboxylic acid groups (broad SMARTS) is 1. The minimum atomic E-state index is -1.19. The van der Waals surface area contributed by atoms with E-state index in [1.54, 1.807) is 30.3 Å². The molecule has 0 aliphatic heterocycles. The van der Waals surface area contributed by atoms with Gasteiger partial charge in [0.25, 0.3) is 0 Å². The van der Waals surface area contributed by atoms with Crippen LogP contribution in [0.1, 0.15) is 18.4 Å². The number of ketones is 1. The third-order valence-corrected chi connectivity index (χ3v) is 2.24. The van der Waals surface area contributed by atoms with Crippen LogP contribution in [0.5, 0.6) is 0 Å². The van der Waals surface area contributed by atoms with Crippen LogP contribution < -0.4 is 5.73 Å². The summed E-state index contributed by atoms with van der Waals surface area (Å²) in [4.78, 5) is 22.1. The molecule has 0 bridgehead atoms. The quantitative estimate of drug-likeness (QED) is 0.764. The van der Waals surface area contributed by atoms with Crippen molar-refractivity contribution in [3.8, 4) is 0 Å². The molecule has 0 aromatic heterocycles. The molecule has 80 valence electrons. The minimum Gasteiger partial charge on any atom is -0.480 e. The Labute approximate surface area is 87.7 Å². The fraction of sp³-hybridized carbons (Fsp3) is 0.273. The fourth-order valence-electron chi connectivity index (χ4n) is 1.50. The molecule has 4 heteroatoms. The molecule has 1 aromatic rings. The standard InChI is InChI=1S/C11H13NO3/c1-7(13)9(10(12)11(14)15)8-5-3-2-4-6-8/h2-6,9-10H,12H2,1H3,(H,14,15)/t9-,10?/m1/s1. The van der Waals surface area contributed by atoms with Gasteiger partial charge in [-0.2, -0.15) is 0 Å². The van der Waals surface area contributed by atoms with Crippen molar-refractivity contribution in [1.82, 2.24) is 0 Å². The van der Waals surface area contributed by atoms with Crippen LogP contribution in [-0.4, -0.2) is 22.9 Å². The van der Waals surface area contributed by atoms with Crippen molar-refractivity contribution >= 4 is 11.8 Å². The van der Waals surface area contributed by atoms with Crippen LogP contribution in [-0.2, 0) is 9.59 Å². The predicted octanol–water partition coefficient (Wildman–Crippen LogP) is 0.771. The summed E-state index contributed by atoms with van der Waals surface area (Å²) < 4.78 is 0. The summed E-state index contributed by atoms with van der Waals surface area (Å²) in [6, 6.07) is 7.51. The van der Waals surface area contributed by atoms with Gasteiger partial charge in [-0.15, -0.1) is 0 Å². The number of benzene rings is 1. The Bertz CT molecular complexity index is 361. The average molecular weight is 207 g/mol. The zero-order valence-electron chi connectivity index (χ0n) is 8.38. The molecular weight excluding hydrogens is 194 g/mol. The first-order valence-electron chi connectivity index (χ1n) is 4.58. The number of Topliss-reactive ketones (excluding diaryl/α,β-unsaturated/α-hetero) is 1. The largest absolute Gasteiger partial charge is 0.480 e. The first kappa shape index (κ1) is 11.4. The second kappa shape index (κ2) is 4.70. The number of carbonyl (C=O) groups excluding carboxylic acids is 1. The monoisotopic (exact) mass is 207 g/mol. The molecule has 0 spiro atoms. The van der Waals surface area contributed by atoms with Crippen molar-refractivity contribution < 1.29 is 14.7 Å². The summed E-state index contributed by atoms with van der Waals surface area (Å²) in [6.07, 6.45) is 0. The van der Waals surface area contributed by atoms with Crippen LogP contribution in [0.4, 0.5) is 0 Å². The van der Waals surface area contributed by atoms with E-state index in [0.29, 0.717) is 5.56 Å². The lowest BCUT2D eigenvalue weighted by Gasteiger charge is -2.18. The second-order valence-electron chi connectivity index (χ2n) is 3.36. The van der Waals surface area contributed by atoms with E-state index in [1.807, 2.05) is 0 Å². The first-order valence-corrected chi connectivity index (χ1v) is 4.58. The molecule has 0 saturated heterocycles. The molecule has 0 aliphatic rings. The smallest absolute Gasteiger partial charge is 0.321 e. The van der Waals surface area contributed by atoms with E-state index in [9.17, 15) is 9.59 Å². The highest BCUT2D eigenvalue weighted by Crippen LogP contribution is 2.19. The molecule has 1 aromatic carbocycles. The van der Waals surface area contributed by atoms with Crippen LogP contribution in [0, 0.1) is 0 Å². The molecule has 2 atom stereocenters. The van der Waals surface area contributed by atoms with Gasteiger partial charge in [0, 0.05) is 0 Å². The van der Waals surface area contributed by atoms with E-state index in [2.05, 4.69) is 0 Å². The maximum Gasteiger partial charge on any atom is 0.321 e. The highest BCUT2D eigenvalue weighted by Gasteiger charge is 2.29. The Kier molecular flexibility index (Phi) is 3.57. The number of aliphatic carboxylic acids is 1. The second-order valence-corrected chi connectivity index (χ2v) is 3.36. The zero-order valence-corrected chi connectivity index (χ0v) is 8.38. The lowest BCUT2D eigenvalue weighted by atomic mass is 9.89. The van der Waals surface area contributed by atoms with E-state index in [1.165, 1.54) is 6.92 Å². The van der Waals surface area contributed by atoms with E-state index in [-0.39, 0.29) is 5.78 Å². The summed E-state index contributed by atoms with van der Waals surface area (Å²) in [7, 11) is 0. The van der Waals surface area contributed by atoms with Crippen molar-refractivity contribution in [3.63, 3.8) is 0 Å². The maximum atomic E-state index is 11.3. The van der Waals surface area contributed by atoms with Crippen LogP contribution in [0.2, 0.25) is 0 Å². The van der Waals surface area contributed by atoms with Gasteiger partial charge in [0.1, 0.15) is 11.8 Å². The molecule has 0 fully saturated rings. The van der Waals surface area contributed by atoms with Crippen LogP contribution >= 0.6 is 0 Å². The Morgan fingerprint density at radius 1 is 1.27 bits per heavy atom. The van der Waals surface area contributed by atoms with Crippen LogP contribution in [0.15, 0.2) is 30.3 Å². The van der Waals surface area contributed by atoms with Crippen molar-refractivity contribution in [3.05, 3.63) is 35.9 Å². The van der Waals surface area contributed by atoms with Crippen molar-refractivity contribution in [2.45, 2.75) is 18.9 Å². The average Bonchev–Trinajstić information content (AvgIpc) is 2.18. The van der Waals surface area contributed by atoms with Crippen molar-refractivity contribution in [1.29, 1.82) is 0 Å². The summed E-state index contributed by atoms with van der Waals surface area (Å²) in [5, 5.41) is 8.79. The number of rotatable bonds is 4. The number of hydrogen-bond donors (Lipinski definition) is 2. The molecule has 1 unspecified atom stereocenters. The Morgan fingerprint density at radius 3 is 2.20 bits per heavy atom. The lowest BCUT2D eigenvalue weighted by molar-refractivity contribution is -0.140. The summed E-state index contributed by atoms with van der Waals surface area (Å²) >= 11 is 0. The third kappa shape index (κ3) is 2.63. The van der Waals surface area contributed by atoms with Gasteiger partial charge in [-0.05, 0) is 12.5 Å². The van der Waals surface area contributed by atoms with Gasteiger partial charge >= 0.3 is 5.97 Å².